The minimum Gasteiger partial charge on any atom is -0.484 e. The maximum atomic E-state index is 10.9. The van der Waals surface area contributed by atoms with Crippen molar-refractivity contribution in [2.45, 2.75) is 38.2 Å². The second-order valence-electron chi connectivity index (χ2n) is 5.22. The molecular formula is C14H18ClNO4. The molecule has 1 fully saturated rings. The lowest BCUT2D eigenvalue weighted by molar-refractivity contribution is -0.385. The number of hydrogen-bond donors (Lipinski definition) is 1. The van der Waals surface area contributed by atoms with Crippen LogP contribution in [0, 0.1) is 16.0 Å². The Morgan fingerprint density at radius 1 is 1.45 bits per heavy atom. The number of ether oxygens (including phenoxy) is 1. The first-order chi connectivity index (χ1) is 9.56. The van der Waals surface area contributed by atoms with Gasteiger partial charge in [0.15, 0.2) is 5.75 Å². The number of nitrogens with zero attached hydrogens (tertiary/aromatic N) is 1. The summed E-state index contributed by atoms with van der Waals surface area (Å²) in [5.41, 5.74) is -0.175. The molecule has 5 nitrogen and oxygen atoms in total. The van der Waals surface area contributed by atoms with Gasteiger partial charge in [-0.05, 0) is 24.5 Å². The number of benzene rings is 1. The van der Waals surface area contributed by atoms with Crippen molar-refractivity contribution in [3.8, 4) is 5.75 Å². The van der Waals surface area contributed by atoms with E-state index in [1.807, 2.05) is 0 Å². The highest BCUT2D eigenvalue weighted by molar-refractivity contribution is 6.30. The maximum absolute atomic E-state index is 10.9. The van der Waals surface area contributed by atoms with Crippen LogP contribution < -0.4 is 4.74 Å². The normalized spacial score (nSPS) is 17.1. The smallest absolute Gasteiger partial charge is 0.312 e. The van der Waals surface area contributed by atoms with Crippen LogP contribution in [0.5, 0.6) is 5.75 Å². The zero-order valence-electron chi connectivity index (χ0n) is 11.1. The second kappa shape index (κ2) is 6.90. The fourth-order valence-electron chi connectivity index (χ4n) is 2.64. The number of aliphatic hydroxyl groups excluding tert-OH is 1. The Morgan fingerprint density at radius 2 is 2.15 bits per heavy atom. The number of halogens is 1. The third-order valence-corrected chi connectivity index (χ3v) is 3.86. The summed E-state index contributed by atoms with van der Waals surface area (Å²) in [4.78, 5) is 10.4. The predicted octanol–water partition coefficient (Wildman–Crippen LogP) is 3.57. The summed E-state index contributed by atoms with van der Waals surface area (Å²) in [6, 6.07) is 4.25. The highest BCUT2D eigenvalue weighted by Crippen LogP contribution is 2.31. The zero-order valence-corrected chi connectivity index (χ0v) is 11.9. The van der Waals surface area contributed by atoms with Gasteiger partial charge in [0.2, 0.25) is 0 Å². The van der Waals surface area contributed by atoms with Gasteiger partial charge >= 0.3 is 5.69 Å². The lowest BCUT2D eigenvalue weighted by atomic mass is 10.0. The van der Waals surface area contributed by atoms with Crippen molar-refractivity contribution in [3.63, 3.8) is 0 Å². The van der Waals surface area contributed by atoms with E-state index in [1.165, 1.54) is 31.0 Å². The first kappa shape index (κ1) is 15.1. The Hall–Kier alpha value is -1.33. The summed E-state index contributed by atoms with van der Waals surface area (Å²) in [5.74, 6) is 0.693. The van der Waals surface area contributed by atoms with Gasteiger partial charge in [0.05, 0.1) is 11.0 Å². The molecule has 0 aromatic heterocycles. The van der Waals surface area contributed by atoms with Crippen molar-refractivity contribution in [2.75, 3.05) is 6.61 Å². The molecule has 6 heteroatoms. The molecule has 2 rings (SSSR count). The number of aliphatic hydroxyl groups is 1. The van der Waals surface area contributed by atoms with Crippen LogP contribution in [-0.4, -0.2) is 22.7 Å². The van der Waals surface area contributed by atoms with Gasteiger partial charge in [0.25, 0.3) is 0 Å². The van der Waals surface area contributed by atoms with Crippen molar-refractivity contribution < 1.29 is 14.8 Å². The standard InChI is InChI=1S/C14H18ClNO4/c15-11-5-6-14(13(8-11)16(18)19)20-9-12(17)7-10-3-1-2-4-10/h5-6,8,10,12,17H,1-4,7,9H2. The van der Waals surface area contributed by atoms with E-state index in [4.69, 9.17) is 16.3 Å². The Kier molecular flexibility index (Phi) is 5.20. The molecule has 1 aromatic carbocycles. The summed E-state index contributed by atoms with van der Waals surface area (Å²) in [7, 11) is 0. The Bertz CT molecular complexity index is 474. The van der Waals surface area contributed by atoms with Crippen molar-refractivity contribution in [3.05, 3.63) is 33.3 Å². The SMILES string of the molecule is O=[N+]([O-])c1cc(Cl)ccc1OCC(O)CC1CCCC1. The minimum atomic E-state index is -0.589. The molecule has 1 aliphatic rings. The maximum Gasteiger partial charge on any atom is 0.312 e. The molecule has 1 aromatic rings. The second-order valence-corrected chi connectivity index (χ2v) is 5.66. The van der Waals surface area contributed by atoms with E-state index >= 15 is 0 Å². The van der Waals surface area contributed by atoms with E-state index in [0.29, 0.717) is 12.3 Å². The first-order valence-electron chi connectivity index (χ1n) is 6.81. The Morgan fingerprint density at radius 3 is 2.80 bits per heavy atom. The van der Waals surface area contributed by atoms with Crippen molar-refractivity contribution in [2.24, 2.45) is 5.92 Å². The van der Waals surface area contributed by atoms with Crippen LogP contribution in [0.1, 0.15) is 32.1 Å². The van der Waals surface area contributed by atoms with E-state index < -0.39 is 11.0 Å². The third-order valence-electron chi connectivity index (χ3n) is 3.63. The molecular weight excluding hydrogens is 282 g/mol. The van der Waals surface area contributed by atoms with Gasteiger partial charge in [-0.25, -0.2) is 0 Å². The van der Waals surface area contributed by atoms with Gasteiger partial charge in [-0.3, -0.25) is 10.1 Å². The lowest BCUT2D eigenvalue weighted by Gasteiger charge is -2.16. The average Bonchev–Trinajstić information content (AvgIpc) is 2.90. The van der Waals surface area contributed by atoms with E-state index in [9.17, 15) is 15.2 Å². The van der Waals surface area contributed by atoms with Crippen LogP contribution in [0.25, 0.3) is 0 Å². The predicted molar refractivity (Wildman–Crippen MR) is 76.2 cm³/mol. The number of hydrogen-bond acceptors (Lipinski definition) is 4. The van der Waals surface area contributed by atoms with E-state index in [-0.39, 0.29) is 23.1 Å². The van der Waals surface area contributed by atoms with Crippen molar-refractivity contribution in [1.29, 1.82) is 0 Å². The van der Waals surface area contributed by atoms with Crippen molar-refractivity contribution >= 4 is 17.3 Å². The molecule has 1 N–H and O–H groups in total. The average molecular weight is 300 g/mol. The summed E-state index contributed by atoms with van der Waals surface area (Å²) < 4.78 is 5.38. The molecule has 1 saturated carbocycles. The third kappa shape index (κ3) is 4.08. The molecule has 0 heterocycles. The summed E-state index contributed by atoms with van der Waals surface area (Å²) in [5, 5.41) is 21.1. The van der Waals surface area contributed by atoms with Crippen LogP contribution >= 0.6 is 11.6 Å². The van der Waals surface area contributed by atoms with Gasteiger partial charge in [-0.2, -0.15) is 0 Å². The number of nitro groups is 1. The number of nitro benzene ring substituents is 1. The summed E-state index contributed by atoms with van der Waals surface area (Å²) in [6.45, 7) is 0.0684. The molecule has 110 valence electrons. The molecule has 1 atom stereocenters. The highest BCUT2D eigenvalue weighted by atomic mass is 35.5. The van der Waals surface area contributed by atoms with Gasteiger partial charge in [-0.1, -0.05) is 37.3 Å². The molecule has 0 amide bonds. The minimum absolute atomic E-state index is 0.0684. The van der Waals surface area contributed by atoms with Gasteiger partial charge in [-0.15, -0.1) is 0 Å². The lowest BCUT2D eigenvalue weighted by Crippen LogP contribution is -2.20. The Labute approximate surface area is 122 Å². The first-order valence-corrected chi connectivity index (χ1v) is 7.19. The molecule has 0 saturated heterocycles. The Balaban J connectivity index is 1.91. The monoisotopic (exact) mass is 299 g/mol. The largest absolute Gasteiger partial charge is 0.484 e. The molecule has 0 aliphatic heterocycles. The van der Waals surface area contributed by atoms with Crippen LogP contribution in [0.3, 0.4) is 0 Å². The molecule has 0 radical (unpaired) electrons. The van der Waals surface area contributed by atoms with Gasteiger partial charge in [0, 0.05) is 11.1 Å². The van der Waals surface area contributed by atoms with E-state index in [2.05, 4.69) is 0 Å². The molecule has 20 heavy (non-hydrogen) atoms. The molecule has 1 aliphatic carbocycles. The fraction of sp³-hybridized carbons (Fsp3) is 0.571. The summed E-state index contributed by atoms with van der Waals surface area (Å²) in [6.07, 6.45) is 4.85. The topological polar surface area (TPSA) is 72.6 Å². The van der Waals surface area contributed by atoms with Crippen LogP contribution in [0.15, 0.2) is 18.2 Å². The fourth-order valence-corrected chi connectivity index (χ4v) is 2.81. The highest BCUT2D eigenvalue weighted by Gasteiger charge is 2.21. The molecule has 0 bridgehead atoms. The number of rotatable bonds is 6. The van der Waals surface area contributed by atoms with E-state index in [1.54, 1.807) is 0 Å². The summed E-state index contributed by atoms with van der Waals surface area (Å²) >= 11 is 5.73. The van der Waals surface area contributed by atoms with Gasteiger partial charge < -0.3 is 9.84 Å². The van der Waals surface area contributed by atoms with E-state index in [0.717, 1.165) is 12.8 Å². The van der Waals surface area contributed by atoms with Gasteiger partial charge in [0.1, 0.15) is 6.61 Å². The van der Waals surface area contributed by atoms with Crippen LogP contribution in [0.4, 0.5) is 5.69 Å². The molecule has 1 unspecified atom stereocenters. The molecule has 0 spiro atoms. The van der Waals surface area contributed by atoms with Crippen molar-refractivity contribution in [1.82, 2.24) is 0 Å². The quantitative estimate of drug-likeness (QED) is 0.644. The zero-order chi connectivity index (χ0) is 14.5. The van der Waals surface area contributed by atoms with Crippen LogP contribution in [-0.2, 0) is 0 Å². The van der Waals surface area contributed by atoms with Crippen LogP contribution in [0.2, 0.25) is 5.02 Å².